The molecule has 0 N–H and O–H groups in total. The maximum absolute atomic E-state index is 12.6. The van der Waals surface area contributed by atoms with Gasteiger partial charge in [-0.05, 0) is 12.8 Å². The van der Waals surface area contributed by atoms with Gasteiger partial charge in [-0.2, -0.15) is 13.2 Å². The van der Waals surface area contributed by atoms with Gasteiger partial charge in [-0.25, -0.2) is 0 Å². The second-order valence-electron chi connectivity index (χ2n) is 3.54. The molecule has 0 spiro atoms. The van der Waals surface area contributed by atoms with Crippen molar-refractivity contribution in [3.63, 3.8) is 0 Å². The van der Waals surface area contributed by atoms with Gasteiger partial charge in [0.2, 0.25) is 0 Å². The molecule has 0 radical (unpaired) electrons. The number of pyridine rings is 1. The summed E-state index contributed by atoms with van der Waals surface area (Å²) in [7, 11) is 0. The minimum absolute atomic E-state index is 0.165. The summed E-state index contributed by atoms with van der Waals surface area (Å²) in [4.78, 5) is 14.0. The summed E-state index contributed by atoms with van der Waals surface area (Å²) in [5.74, 6) is -0.403. The number of hydrogen-bond donors (Lipinski definition) is 0. The maximum Gasteiger partial charge on any atom is 0.421 e. The van der Waals surface area contributed by atoms with Gasteiger partial charge in [0.25, 0.3) is 0 Å². The molecule has 0 bridgehead atoms. The molecular weight excluding hydrogens is 223 g/mol. The number of carbonyl (C=O) groups excluding carboxylic acids is 1. The highest BCUT2D eigenvalue weighted by molar-refractivity contribution is 5.79. The Balaban J connectivity index is 2.44. The lowest BCUT2D eigenvalue weighted by Gasteiger charge is -2.14. The van der Waals surface area contributed by atoms with Gasteiger partial charge >= 0.3 is 6.18 Å². The second kappa shape index (κ2) is 3.77. The first-order valence-electron chi connectivity index (χ1n) is 4.69. The fourth-order valence-electron chi connectivity index (χ4n) is 1.23. The molecule has 1 aromatic rings. The summed E-state index contributed by atoms with van der Waals surface area (Å²) >= 11 is 0. The largest absolute Gasteiger partial charge is 0.489 e. The van der Waals surface area contributed by atoms with Crippen molar-refractivity contribution in [1.29, 1.82) is 0 Å². The Morgan fingerprint density at radius 1 is 1.38 bits per heavy atom. The van der Waals surface area contributed by atoms with Gasteiger partial charge in [0.1, 0.15) is 11.3 Å². The van der Waals surface area contributed by atoms with Gasteiger partial charge in [-0.15, -0.1) is 0 Å². The van der Waals surface area contributed by atoms with E-state index in [-0.39, 0.29) is 11.7 Å². The molecule has 16 heavy (non-hydrogen) atoms. The van der Waals surface area contributed by atoms with Crippen molar-refractivity contribution in [3.8, 4) is 5.75 Å². The van der Waals surface area contributed by atoms with Crippen molar-refractivity contribution in [3.05, 3.63) is 23.5 Å². The van der Waals surface area contributed by atoms with Crippen molar-refractivity contribution < 1.29 is 22.7 Å². The summed E-state index contributed by atoms with van der Waals surface area (Å²) in [6.07, 6.45) is -1.27. The number of nitrogens with zero attached hydrogens (tertiary/aromatic N) is 1. The highest BCUT2D eigenvalue weighted by Gasteiger charge is 2.38. The van der Waals surface area contributed by atoms with Crippen LogP contribution in [0.15, 0.2) is 12.4 Å². The van der Waals surface area contributed by atoms with Crippen LogP contribution in [0.5, 0.6) is 5.75 Å². The molecule has 0 aromatic carbocycles. The van der Waals surface area contributed by atoms with Crippen LogP contribution in [0, 0.1) is 0 Å². The molecule has 2 rings (SSSR count). The first kappa shape index (κ1) is 10.9. The van der Waals surface area contributed by atoms with Crippen LogP contribution < -0.4 is 4.74 Å². The van der Waals surface area contributed by atoms with Gasteiger partial charge in [0.05, 0.1) is 11.7 Å². The predicted octanol–water partition coefficient (Wildman–Crippen LogP) is 2.45. The molecule has 86 valence electrons. The minimum Gasteiger partial charge on any atom is -0.489 e. The topological polar surface area (TPSA) is 39.2 Å². The quantitative estimate of drug-likeness (QED) is 0.750. The van der Waals surface area contributed by atoms with E-state index in [0.717, 1.165) is 19.0 Å². The Hall–Kier alpha value is -1.59. The van der Waals surface area contributed by atoms with E-state index in [1.54, 1.807) is 0 Å². The number of alkyl halides is 3. The lowest BCUT2D eigenvalue weighted by Crippen LogP contribution is -2.12. The molecule has 1 aromatic heterocycles. The highest BCUT2D eigenvalue weighted by atomic mass is 19.4. The van der Waals surface area contributed by atoms with Crippen LogP contribution in [0.3, 0.4) is 0 Å². The van der Waals surface area contributed by atoms with Crippen molar-refractivity contribution in [2.45, 2.75) is 25.1 Å². The molecule has 0 unspecified atom stereocenters. The van der Waals surface area contributed by atoms with Crippen molar-refractivity contribution in [2.24, 2.45) is 0 Å². The van der Waals surface area contributed by atoms with Gasteiger partial charge in [0.15, 0.2) is 6.29 Å². The summed E-state index contributed by atoms with van der Waals surface area (Å²) < 4.78 is 42.9. The SMILES string of the molecule is O=Cc1cncc(C(F)(F)F)c1OC1CC1. The van der Waals surface area contributed by atoms with E-state index in [0.29, 0.717) is 12.5 Å². The molecule has 1 aliphatic carbocycles. The Morgan fingerprint density at radius 2 is 2.06 bits per heavy atom. The van der Waals surface area contributed by atoms with Gasteiger partial charge in [-0.3, -0.25) is 9.78 Å². The third-order valence-corrected chi connectivity index (χ3v) is 2.17. The van der Waals surface area contributed by atoms with Crippen LogP contribution in [0.2, 0.25) is 0 Å². The van der Waals surface area contributed by atoms with E-state index in [4.69, 9.17) is 4.74 Å². The van der Waals surface area contributed by atoms with Crippen LogP contribution in [-0.2, 0) is 6.18 Å². The van der Waals surface area contributed by atoms with Gasteiger partial charge < -0.3 is 4.74 Å². The fourth-order valence-corrected chi connectivity index (χ4v) is 1.23. The van der Waals surface area contributed by atoms with Crippen molar-refractivity contribution >= 4 is 6.29 Å². The predicted molar refractivity (Wildman–Crippen MR) is 48.3 cm³/mol. The summed E-state index contributed by atoms with van der Waals surface area (Å²) in [6, 6.07) is 0. The van der Waals surface area contributed by atoms with Crippen LogP contribution in [0.1, 0.15) is 28.8 Å². The lowest BCUT2D eigenvalue weighted by molar-refractivity contribution is -0.139. The maximum atomic E-state index is 12.6. The minimum atomic E-state index is -4.56. The second-order valence-corrected chi connectivity index (χ2v) is 3.54. The third-order valence-electron chi connectivity index (χ3n) is 2.17. The fraction of sp³-hybridized carbons (Fsp3) is 0.400. The Bertz CT molecular complexity index is 413. The van der Waals surface area contributed by atoms with Crippen molar-refractivity contribution in [1.82, 2.24) is 4.98 Å². The first-order chi connectivity index (χ1) is 7.52. The number of aldehydes is 1. The van der Waals surface area contributed by atoms with Crippen LogP contribution in [0.25, 0.3) is 0 Å². The molecule has 0 aliphatic heterocycles. The molecule has 6 heteroatoms. The van der Waals surface area contributed by atoms with Crippen LogP contribution >= 0.6 is 0 Å². The Morgan fingerprint density at radius 3 is 2.56 bits per heavy atom. The van der Waals surface area contributed by atoms with E-state index in [2.05, 4.69) is 4.98 Å². The van der Waals surface area contributed by atoms with Gasteiger partial charge in [0, 0.05) is 12.4 Å². The molecule has 0 saturated heterocycles. The standard InChI is InChI=1S/C10H8F3NO2/c11-10(12,13)8-4-14-3-6(5-15)9(8)16-7-1-2-7/h3-5,7H,1-2H2. The van der Waals surface area contributed by atoms with E-state index < -0.39 is 17.5 Å². The Kier molecular flexibility index (Phi) is 2.57. The number of aromatic nitrogens is 1. The number of rotatable bonds is 3. The number of halogens is 3. The number of hydrogen-bond acceptors (Lipinski definition) is 3. The lowest BCUT2D eigenvalue weighted by atomic mass is 10.2. The number of ether oxygens (including phenoxy) is 1. The summed E-state index contributed by atoms with van der Waals surface area (Å²) in [5.41, 5.74) is -1.16. The molecule has 1 saturated carbocycles. The molecule has 0 atom stereocenters. The van der Waals surface area contributed by atoms with E-state index in [1.807, 2.05) is 0 Å². The average Bonchev–Trinajstić information content (AvgIpc) is 3.00. The highest BCUT2D eigenvalue weighted by Crippen LogP contribution is 2.39. The Labute approximate surface area is 89.2 Å². The van der Waals surface area contributed by atoms with Crippen LogP contribution in [0.4, 0.5) is 13.2 Å². The average molecular weight is 231 g/mol. The molecular formula is C10H8F3NO2. The zero-order valence-corrected chi connectivity index (χ0v) is 8.12. The third kappa shape index (κ3) is 2.15. The first-order valence-corrected chi connectivity index (χ1v) is 4.69. The summed E-state index contributed by atoms with van der Waals surface area (Å²) in [6.45, 7) is 0. The molecule has 1 heterocycles. The van der Waals surface area contributed by atoms with E-state index >= 15 is 0 Å². The smallest absolute Gasteiger partial charge is 0.421 e. The van der Waals surface area contributed by atoms with Crippen LogP contribution in [-0.4, -0.2) is 17.4 Å². The molecule has 0 amide bonds. The monoisotopic (exact) mass is 231 g/mol. The summed E-state index contributed by atoms with van der Waals surface area (Å²) in [5, 5.41) is 0. The molecule has 1 aliphatic rings. The van der Waals surface area contributed by atoms with Gasteiger partial charge in [-0.1, -0.05) is 0 Å². The zero-order chi connectivity index (χ0) is 11.8. The number of carbonyl (C=O) groups is 1. The zero-order valence-electron chi connectivity index (χ0n) is 8.12. The van der Waals surface area contributed by atoms with E-state index in [9.17, 15) is 18.0 Å². The molecule has 3 nitrogen and oxygen atoms in total. The normalized spacial score (nSPS) is 15.9. The molecule has 1 fully saturated rings. The van der Waals surface area contributed by atoms with E-state index in [1.165, 1.54) is 0 Å². The van der Waals surface area contributed by atoms with Crippen molar-refractivity contribution in [2.75, 3.05) is 0 Å².